The van der Waals surface area contributed by atoms with Crippen molar-refractivity contribution in [2.45, 2.75) is 0 Å². The van der Waals surface area contributed by atoms with E-state index in [1.54, 1.807) is 31.3 Å². The number of benzene rings is 1. The molecule has 0 fully saturated rings. The molecule has 0 N–H and O–H groups in total. The summed E-state index contributed by atoms with van der Waals surface area (Å²) in [5.74, 6) is -0.424. The summed E-state index contributed by atoms with van der Waals surface area (Å²) in [6.45, 7) is 0.593. The van der Waals surface area contributed by atoms with Crippen molar-refractivity contribution < 1.29 is 13.9 Å². The van der Waals surface area contributed by atoms with Crippen LogP contribution in [0, 0.1) is 5.82 Å². The van der Waals surface area contributed by atoms with E-state index in [2.05, 4.69) is 15.1 Å². The molecule has 3 aromatic rings. The van der Waals surface area contributed by atoms with Gasteiger partial charge in [-0.3, -0.25) is 4.79 Å². The highest BCUT2D eigenvalue weighted by atomic mass is 35.5. The van der Waals surface area contributed by atoms with Gasteiger partial charge in [0.25, 0.3) is 5.91 Å². The summed E-state index contributed by atoms with van der Waals surface area (Å²) in [7, 11) is 1.60. The second-order valence-corrected chi connectivity index (χ2v) is 5.79. The predicted octanol–water partition coefficient (Wildman–Crippen LogP) is 2.61. The number of pyridine rings is 1. The van der Waals surface area contributed by atoms with Gasteiger partial charge in [0.2, 0.25) is 5.82 Å². The first kappa shape index (κ1) is 17.8. The van der Waals surface area contributed by atoms with Gasteiger partial charge in [-0.15, -0.1) is 5.10 Å². The Labute approximate surface area is 154 Å². The molecular formula is C17H15ClFN5O2. The Morgan fingerprint density at radius 1 is 1.31 bits per heavy atom. The molecule has 0 saturated heterocycles. The van der Waals surface area contributed by atoms with Crippen LogP contribution < -0.4 is 4.74 Å². The molecule has 134 valence electrons. The zero-order chi connectivity index (χ0) is 18.5. The van der Waals surface area contributed by atoms with Gasteiger partial charge in [0.15, 0.2) is 11.6 Å². The minimum atomic E-state index is -0.556. The normalized spacial score (nSPS) is 10.6. The van der Waals surface area contributed by atoms with Crippen molar-refractivity contribution in [3.8, 4) is 11.6 Å². The minimum Gasteiger partial charge on any atom is -0.492 e. The summed E-state index contributed by atoms with van der Waals surface area (Å²) >= 11 is 5.89. The van der Waals surface area contributed by atoms with E-state index in [1.165, 1.54) is 29.6 Å². The van der Waals surface area contributed by atoms with Crippen molar-refractivity contribution in [1.82, 2.24) is 24.6 Å². The molecule has 1 aromatic carbocycles. The highest BCUT2D eigenvalue weighted by Crippen LogP contribution is 2.17. The first-order valence-corrected chi connectivity index (χ1v) is 8.09. The van der Waals surface area contributed by atoms with Crippen molar-refractivity contribution in [3.63, 3.8) is 0 Å². The van der Waals surface area contributed by atoms with Gasteiger partial charge in [-0.1, -0.05) is 17.7 Å². The smallest absolute Gasteiger partial charge is 0.293 e. The van der Waals surface area contributed by atoms with Crippen LogP contribution in [0.5, 0.6) is 5.75 Å². The van der Waals surface area contributed by atoms with E-state index in [9.17, 15) is 9.18 Å². The Hall–Kier alpha value is -3.00. The third kappa shape index (κ3) is 4.15. The lowest BCUT2D eigenvalue weighted by molar-refractivity contribution is 0.0762. The number of hydrogen-bond donors (Lipinski definition) is 0. The maximum absolute atomic E-state index is 13.7. The molecular weight excluding hydrogens is 361 g/mol. The van der Waals surface area contributed by atoms with Crippen LogP contribution in [-0.2, 0) is 0 Å². The van der Waals surface area contributed by atoms with Crippen LogP contribution in [0.15, 0.2) is 48.9 Å². The molecule has 2 aromatic heterocycles. The Balaban J connectivity index is 1.59. The van der Waals surface area contributed by atoms with Crippen LogP contribution in [0.2, 0.25) is 5.02 Å². The molecule has 26 heavy (non-hydrogen) atoms. The zero-order valence-corrected chi connectivity index (χ0v) is 14.6. The maximum atomic E-state index is 13.7. The topological polar surface area (TPSA) is 73.1 Å². The van der Waals surface area contributed by atoms with Crippen LogP contribution in [0.3, 0.4) is 0 Å². The molecule has 3 rings (SSSR count). The van der Waals surface area contributed by atoms with Gasteiger partial charge >= 0.3 is 0 Å². The monoisotopic (exact) mass is 375 g/mol. The number of rotatable bonds is 6. The van der Waals surface area contributed by atoms with Gasteiger partial charge < -0.3 is 9.64 Å². The Bertz CT molecular complexity index is 917. The van der Waals surface area contributed by atoms with Crippen molar-refractivity contribution in [1.29, 1.82) is 0 Å². The van der Waals surface area contributed by atoms with Crippen molar-refractivity contribution in [2.24, 2.45) is 0 Å². The average Bonchev–Trinajstić information content (AvgIpc) is 3.11. The quantitative estimate of drug-likeness (QED) is 0.662. The van der Waals surface area contributed by atoms with Crippen molar-refractivity contribution in [3.05, 3.63) is 65.6 Å². The van der Waals surface area contributed by atoms with Gasteiger partial charge in [0.1, 0.15) is 18.7 Å². The van der Waals surface area contributed by atoms with Crippen molar-refractivity contribution in [2.75, 3.05) is 20.2 Å². The van der Waals surface area contributed by atoms with E-state index in [1.807, 2.05) is 0 Å². The van der Waals surface area contributed by atoms with Crippen LogP contribution >= 0.6 is 11.6 Å². The second kappa shape index (κ2) is 7.92. The molecule has 0 unspecified atom stereocenters. The summed E-state index contributed by atoms with van der Waals surface area (Å²) in [5, 5.41) is 4.57. The molecule has 0 aliphatic heterocycles. The fourth-order valence-electron chi connectivity index (χ4n) is 2.14. The molecule has 9 heteroatoms. The van der Waals surface area contributed by atoms with Gasteiger partial charge in [-0.05, 0) is 30.3 Å². The lowest BCUT2D eigenvalue weighted by Crippen LogP contribution is -2.31. The first-order chi connectivity index (χ1) is 12.5. The molecule has 0 aliphatic carbocycles. The Morgan fingerprint density at radius 3 is 2.92 bits per heavy atom. The number of likely N-dealkylation sites (N-methyl/N-ethyl adjacent to an activating group) is 1. The van der Waals surface area contributed by atoms with E-state index in [0.717, 1.165) is 4.68 Å². The highest BCUT2D eigenvalue weighted by Gasteiger charge is 2.18. The van der Waals surface area contributed by atoms with E-state index < -0.39 is 11.7 Å². The van der Waals surface area contributed by atoms with Gasteiger partial charge in [0, 0.05) is 18.3 Å². The lowest BCUT2D eigenvalue weighted by Gasteiger charge is -2.15. The number of carbonyl (C=O) groups is 1. The molecule has 0 saturated carbocycles. The molecule has 0 aliphatic rings. The molecule has 2 heterocycles. The fraction of sp³-hybridized carbons (Fsp3) is 0.176. The van der Waals surface area contributed by atoms with Crippen LogP contribution in [0.25, 0.3) is 5.82 Å². The third-order valence-electron chi connectivity index (χ3n) is 3.48. The maximum Gasteiger partial charge on any atom is 0.293 e. The summed E-state index contributed by atoms with van der Waals surface area (Å²) in [4.78, 5) is 21.6. The van der Waals surface area contributed by atoms with Crippen LogP contribution in [0.1, 0.15) is 10.6 Å². The first-order valence-electron chi connectivity index (χ1n) is 7.71. The number of hydrogen-bond acceptors (Lipinski definition) is 5. The second-order valence-electron chi connectivity index (χ2n) is 5.35. The van der Waals surface area contributed by atoms with E-state index in [0.29, 0.717) is 17.3 Å². The number of halogens is 2. The molecule has 1 amide bonds. The average molecular weight is 376 g/mol. The molecule has 0 radical (unpaired) electrons. The number of carbonyl (C=O) groups excluding carboxylic acids is 1. The van der Waals surface area contributed by atoms with E-state index in [-0.39, 0.29) is 18.2 Å². The SMILES string of the molecule is CN(CCOc1cccc(Cl)c1)C(=O)c1ncn(-c2ncccc2F)n1. The highest BCUT2D eigenvalue weighted by molar-refractivity contribution is 6.30. The zero-order valence-electron chi connectivity index (χ0n) is 13.8. The lowest BCUT2D eigenvalue weighted by atomic mass is 10.3. The molecule has 0 atom stereocenters. The predicted molar refractivity (Wildman–Crippen MR) is 93.0 cm³/mol. The largest absolute Gasteiger partial charge is 0.492 e. The van der Waals surface area contributed by atoms with E-state index in [4.69, 9.17) is 16.3 Å². The van der Waals surface area contributed by atoms with Gasteiger partial charge in [-0.25, -0.2) is 14.4 Å². The van der Waals surface area contributed by atoms with Crippen LogP contribution in [0.4, 0.5) is 4.39 Å². The molecule has 0 bridgehead atoms. The Kier molecular flexibility index (Phi) is 5.43. The minimum absolute atomic E-state index is 0.0222. The summed E-state index contributed by atoms with van der Waals surface area (Å²) in [5.41, 5.74) is 0. The summed E-state index contributed by atoms with van der Waals surface area (Å²) in [6, 6.07) is 9.71. The summed E-state index contributed by atoms with van der Waals surface area (Å²) in [6.07, 6.45) is 2.68. The van der Waals surface area contributed by atoms with Crippen LogP contribution in [-0.4, -0.2) is 50.8 Å². The van der Waals surface area contributed by atoms with E-state index >= 15 is 0 Å². The fourth-order valence-corrected chi connectivity index (χ4v) is 2.32. The Morgan fingerprint density at radius 2 is 2.15 bits per heavy atom. The molecule has 7 nitrogen and oxygen atoms in total. The number of amides is 1. The van der Waals surface area contributed by atoms with Gasteiger partial charge in [0.05, 0.1) is 6.54 Å². The number of nitrogens with zero attached hydrogens (tertiary/aromatic N) is 5. The molecule has 0 spiro atoms. The number of aromatic nitrogens is 4. The van der Waals surface area contributed by atoms with Gasteiger partial charge in [-0.2, -0.15) is 4.68 Å². The summed E-state index contributed by atoms with van der Waals surface area (Å²) < 4.78 is 20.4. The van der Waals surface area contributed by atoms with Crippen molar-refractivity contribution >= 4 is 17.5 Å². The standard InChI is InChI=1S/C17H15ClFN5O2/c1-23(8-9-26-13-5-2-4-12(18)10-13)17(25)15-21-11-24(22-15)16-14(19)6-3-7-20-16/h2-7,10-11H,8-9H2,1H3. The third-order valence-corrected chi connectivity index (χ3v) is 3.71. The number of ether oxygens (including phenoxy) is 1.